The molecule has 2 aromatic carbocycles. The predicted molar refractivity (Wildman–Crippen MR) is 116 cm³/mol. The van der Waals surface area contributed by atoms with Crippen LogP contribution in [0.15, 0.2) is 48.5 Å². The van der Waals surface area contributed by atoms with Crippen LogP contribution in [0.1, 0.15) is 47.9 Å². The number of alkyl halides is 6. The van der Waals surface area contributed by atoms with Crippen molar-refractivity contribution in [2.75, 3.05) is 13.2 Å². The van der Waals surface area contributed by atoms with Crippen LogP contribution in [0.25, 0.3) is 0 Å². The molecular weight excluding hydrogens is 474 g/mol. The predicted octanol–water partition coefficient (Wildman–Crippen LogP) is 5.41. The molecule has 1 heterocycles. The van der Waals surface area contributed by atoms with Gasteiger partial charge in [-0.05, 0) is 55.0 Å². The summed E-state index contributed by atoms with van der Waals surface area (Å²) in [6.07, 6.45) is -6.79. The molecule has 4 nitrogen and oxygen atoms in total. The van der Waals surface area contributed by atoms with Gasteiger partial charge in [0.15, 0.2) is 0 Å². The second kappa shape index (κ2) is 9.81. The lowest BCUT2D eigenvalue weighted by molar-refractivity contribution is -0.143. The first-order chi connectivity index (χ1) is 16.5. The van der Waals surface area contributed by atoms with E-state index in [2.05, 4.69) is 10.6 Å². The number of rotatable bonds is 7. The Morgan fingerprint density at radius 2 is 1.60 bits per heavy atom. The molecule has 10 heteroatoms. The number of nitrogens with one attached hydrogen (secondary N) is 2. The van der Waals surface area contributed by atoms with Gasteiger partial charge in [0.2, 0.25) is 5.91 Å². The van der Waals surface area contributed by atoms with Crippen LogP contribution in [0.3, 0.4) is 0 Å². The summed E-state index contributed by atoms with van der Waals surface area (Å²) in [5.41, 5.74) is -2.73. The molecule has 2 atom stereocenters. The largest absolute Gasteiger partial charge is 0.416 e. The second-order valence-electron chi connectivity index (χ2n) is 9.25. The highest BCUT2D eigenvalue weighted by atomic mass is 19.4. The molecule has 0 unspecified atom stereocenters. The minimum atomic E-state index is -4.91. The molecule has 35 heavy (non-hydrogen) atoms. The number of amides is 1. The van der Waals surface area contributed by atoms with Gasteiger partial charge >= 0.3 is 12.4 Å². The molecule has 1 amide bonds. The lowest BCUT2D eigenvalue weighted by atomic mass is 9.81. The number of ether oxygens (including phenoxy) is 1. The minimum absolute atomic E-state index is 0.0396. The smallest absolute Gasteiger partial charge is 0.374 e. The normalized spacial score (nSPS) is 23.2. The van der Waals surface area contributed by atoms with E-state index in [0.717, 1.165) is 18.4 Å². The van der Waals surface area contributed by atoms with Crippen molar-refractivity contribution in [3.05, 3.63) is 70.8 Å². The highest BCUT2D eigenvalue weighted by Crippen LogP contribution is 2.37. The Morgan fingerprint density at radius 3 is 2.11 bits per heavy atom. The van der Waals surface area contributed by atoms with E-state index in [1.54, 1.807) is 0 Å². The van der Waals surface area contributed by atoms with Crippen LogP contribution in [0.4, 0.5) is 26.3 Å². The monoisotopic (exact) mass is 500 g/mol. The third-order valence-electron chi connectivity index (χ3n) is 6.49. The Hall–Kier alpha value is -2.59. The van der Waals surface area contributed by atoms with E-state index in [4.69, 9.17) is 4.74 Å². The van der Waals surface area contributed by atoms with Crippen molar-refractivity contribution in [1.82, 2.24) is 10.6 Å². The second-order valence-corrected chi connectivity index (χ2v) is 9.25. The van der Waals surface area contributed by atoms with Crippen LogP contribution in [0.2, 0.25) is 0 Å². The Morgan fingerprint density at radius 1 is 0.971 bits per heavy atom. The molecule has 2 N–H and O–H groups in total. The van der Waals surface area contributed by atoms with Crippen LogP contribution < -0.4 is 10.6 Å². The summed E-state index contributed by atoms with van der Waals surface area (Å²) in [6, 6.07) is 10.7. The van der Waals surface area contributed by atoms with Gasteiger partial charge in [0, 0.05) is 18.5 Å². The van der Waals surface area contributed by atoms with Crippen LogP contribution in [0.5, 0.6) is 0 Å². The van der Waals surface area contributed by atoms with Gasteiger partial charge in [-0.3, -0.25) is 4.79 Å². The van der Waals surface area contributed by atoms with Gasteiger partial charge in [0.25, 0.3) is 0 Å². The lowest BCUT2D eigenvalue weighted by Gasteiger charge is -2.42. The SMILES string of the molecule is O=C(N[C@H]1CC[C@@](COCc2cc(C(F)(F)F)cc(C(F)(F)F)c2)(c2ccccc2)NC1)C1CC1. The molecular formula is C25H26F6N2O2. The number of hydrogen-bond donors (Lipinski definition) is 2. The molecule has 0 spiro atoms. The first-order valence-corrected chi connectivity index (χ1v) is 11.4. The van der Waals surface area contributed by atoms with Crippen LogP contribution in [-0.2, 0) is 34.0 Å². The highest BCUT2D eigenvalue weighted by Gasteiger charge is 2.40. The maximum absolute atomic E-state index is 13.2. The summed E-state index contributed by atoms with van der Waals surface area (Å²) in [5, 5.41) is 6.46. The highest BCUT2D eigenvalue weighted by molar-refractivity contribution is 5.81. The zero-order valence-electron chi connectivity index (χ0n) is 18.8. The van der Waals surface area contributed by atoms with E-state index >= 15 is 0 Å². The van der Waals surface area contributed by atoms with Crippen LogP contribution in [0, 0.1) is 5.92 Å². The average molecular weight is 500 g/mol. The van der Waals surface area contributed by atoms with E-state index in [1.165, 1.54) is 0 Å². The third-order valence-corrected chi connectivity index (χ3v) is 6.49. The summed E-state index contributed by atoms with van der Waals surface area (Å²) in [4.78, 5) is 12.1. The fourth-order valence-corrected chi connectivity index (χ4v) is 4.37. The number of hydrogen-bond acceptors (Lipinski definition) is 3. The molecule has 190 valence electrons. The van der Waals surface area contributed by atoms with Gasteiger partial charge in [-0.25, -0.2) is 0 Å². The van der Waals surface area contributed by atoms with Crippen LogP contribution in [-0.4, -0.2) is 25.1 Å². The molecule has 1 aliphatic carbocycles. The van der Waals surface area contributed by atoms with Crippen molar-refractivity contribution in [2.45, 2.75) is 56.2 Å². The molecule has 0 bridgehead atoms. The molecule has 2 aromatic rings. The van der Waals surface area contributed by atoms with Gasteiger partial charge in [-0.1, -0.05) is 30.3 Å². The minimum Gasteiger partial charge on any atom is -0.374 e. The fourth-order valence-electron chi connectivity index (χ4n) is 4.37. The van der Waals surface area contributed by atoms with E-state index in [1.807, 2.05) is 30.3 Å². The molecule has 0 aromatic heterocycles. The zero-order valence-corrected chi connectivity index (χ0v) is 18.8. The van der Waals surface area contributed by atoms with Gasteiger partial charge in [-0.2, -0.15) is 26.3 Å². The molecule has 2 aliphatic rings. The lowest BCUT2D eigenvalue weighted by Crippen LogP contribution is -2.57. The summed E-state index contributed by atoms with van der Waals surface area (Å²) < 4.78 is 84.7. The number of carbonyl (C=O) groups excluding carboxylic acids is 1. The topological polar surface area (TPSA) is 50.4 Å². The Kier molecular flexibility index (Phi) is 7.15. The Balaban J connectivity index is 1.47. The zero-order chi connectivity index (χ0) is 25.3. The van der Waals surface area contributed by atoms with E-state index in [-0.39, 0.29) is 36.1 Å². The van der Waals surface area contributed by atoms with E-state index in [9.17, 15) is 31.1 Å². The first kappa shape index (κ1) is 25.5. The maximum Gasteiger partial charge on any atom is 0.416 e. The summed E-state index contributed by atoms with van der Waals surface area (Å²) >= 11 is 0. The number of halogens is 6. The summed E-state index contributed by atoms with van der Waals surface area (Å²) in [7, 11) is 0. The Bertz CT molecular complexity index is 994. The van der Waals surface area contributed by atoms with Crippen molar-refractivity contribution in [3.8, 4) is 0 Å². The van der Waals surface area contributed by atoms with Gasteiger partial charge in [0.05, 0.1) is 29.9 Å². The molecule has 4 rings (SSSR count). The van der Waals surface area contributed by atoms with Gasteiger partial charge < -0.3 is 15.4 Å². The van der Waals surface area contributed by atoms with Gasteiger partial charge in [-0.15, -0.1) is 0 Å². The van der Waals surface area contributed by atoms with Crippen LogP contribution >= 0.6 is 0 Å². The average Bonchev–Trinajstić information content (AvgIpc) is 3.65. The van der Waals surface area contributed by atoms with Crippen molar-refractivity contribution in [1.29, 1.82) is 0 Å². The van der Waals surface area contributed by atoms with E-state index < -0.39 is 35.6 Å². The van der Waals surface area contributed by atoms with Crippen molar-refractivity contribution in [2.24, 2.45) is 5.92 Å². The van der Waals surface area contributed by atoms with Crippen molar-refractivity contribution >= 4 is 5.91 Å². The first-order valence-electron chi connectivity index (χ1n) is 11.4. The standard InChI is InChI=1S/C25H26F6N2O2/c26-24(27,28)19-10-16(11-20(12-19)25(29,30)31)14-35-15-23(18-4-2-1-3-5-18)9-8-21(13-32-23)33-22(34)17-6-7-17/h1-5,10-12,17,21,32H,6-9,13-15H2,(H,33,34)/t21-,23+/m0/s1. The van der Waals surface area contributed by atoms with Gasteiger partial charge in [0.1, 0.15) is 0 Å². The maximum atomic E-state index is 13.2. The Labute approximate surface area is 199 Å². The molecule has 1 saturated carbocycles. The van der Waals surface area contributed by atoms with E-state index in [0.29, 0.717) is 31.5 Å². The molecule has 2 fully saturated rings. The molecule has 1 saturated heterocycles. The quantitative estimate of drug-likeness (QED) is 0.500. The molecule has 1 aliphatic heterocycles. The number of piperidine rings is 1. The third kappa shape index (κ3) is 6.35. The fraction of sp³-hybridized carbons (Fsp3) is 0.480. The van der Waals surface area contributed by atoms with Crippen molar-refractivity contribution in [3.63, 3.8) is 0 Å². The number of carbonyl (C=O) groups is 1. The summed E-state index contributed by atoms with van der Waals surface area (Å²) in [6.45, 7) is 0.0987. The number of benzene rings is 2. The van der Waals surface area contributed by atoms with Crippen molar-refractivity contribution < 1.29 is 35.9 Å². The summed E-state index contributed by atoms with van der Waals surface area (Å²) in [5.74, 6) is 0.137. The molecule has 0 radical (unpaired) electrons.